The van der Waals surface area contributed by atoms with Crippen LogP contribution in [0.5, 0.6) is 11.5 Å². The number of rotatable bonds is 6. The minimum Gasteiger partial charge on any atom is -0.497 e. The van der Waals surface area contributed by atoms with E-state index in [4.69, 9.17) is 9.47 Å². The van der Waals surface area contributed by atoms with Gasteiger partial charge in [-0.1, -0.05) is 12.1 Å². The molecule has 2 aromatic carbocycles. The summed E-state index contributed by atoms with van der Waals surface area (Å²) in [6.45, 7) is 1.91. The Kier molecular flexibility index (Phi) is 5.53. The van der Waals surface area contributed by atoms with Gasteiger partial charge >= 0.3 is 0 Å². The molecule has 0 aliphatic rings. The van der Waals surface area contributed by atoms with Crippen LogP contribution in [0.1, 0.15) is 23.5 Å². The largest absolute Gasteiger partial charge is 0.497 e. The minimum atomic E-state index is -0.205. The van der Waals surface area contributed by atoms with E-state index in [1.54, 1.807) is 37.7 Å². The topological polar surface area (TPSA) is 60.5 Å². The fourth-order valence-corrected chi connectivity index (χ4v) is 3.49. The fourth-order valence-electron chi connectivity index (χ4n) is 2.62. The van der Waals surface area contributed by atoms with Crippen molar-refractivity contribution in [2.75, 3.05) is 14.2 Å². The lowest BCUT2D eigenvalue weighted by Gasteiger charge is -2.17. The maximum Gasteiger partial charge on any atom is 0.244 e. The molecule has 0 saturated heterocycles. The molecule has 1 amide bonds. The lowest BCUT2D eigenvalue weighted by atomic mass is 10.1. The molecule has 0 radical (unpaired) electrons. The average Bonchev–Trinajstić information content (AvgIpc) is 3.08. The Hall–Kier alpha value is -2.86. The van der Waals surface area contributed by atoms with Crippen molar-refractivity contribution in [3.05, 3.63) is 59.1 Å². The van der Waals surface area contributed by atoms with Gasteiger partial charge in [0, 0.05) is 17.7 Å². The van der Waals surface area contributed by atoms with Crippen LogP contribution in [0.3, 0.4) is 0 Å². The highest BCUT2D eigenvalue weighted by molar-refractivity contribution is 7.19. The third-order valence-electron chi connectivity index (χ3n) is 3.95. The Morgan fingerprint density at radius 3 is 2.73 bits per heavy atom. The maximum atomic E-state index is 12.3. The smallest absolute Gasteiger partial charge is 0.244 e. The Balaban J connectivity index is 1.69. The Morgan fingerprint density at radius 2 is 2.00 bits per heavy atom. The van der Waals surface area contributed by atoms with Gasteiger partial charge < -0.3 is 14.8 Å². The molecule has 0 spiro atoms. The summed E-state index contributed by atoms with van der Waals surface area (Å²) < 4.78 is 11.7. The molecular formula is C20H20N2O3S. The maximum absolute atomic E-state index is 12.3. The zero-order valence-electron chi connectivity index (χ0n) is 14.9. The van der Waals surface area contributed by atoms with Gasteiger partial charge in [0.25, 0.3) is 0 Å². The molecule has 1 N–H and O–H groups in total. The number of carbonyl (C=O) groups is 1. The van der Waals surface area contributed by atoms with Crippen LogP contribution in [0.25, 0.3) is 16.3 Å². The second kappa shape index (κ2) is 8.01. The molecule has 5 nitrogen and oxygen atoms in total. The molecule has 3 aromatic rings. The number of ether oxygens (including phenoxy) is 2. The Morgan fingerprint density at radius 1 is 1.19 bits per heavy atom. The van der Waals surface area contributed by atoms with Gasteiger partial charge in [-0.3, -0.25) is 4.79 Å². The molecule has 6 heteroatoms. The van der Waals surface area contributed by atoms with Crippen LogP contribution in [0.15, 0.2) is 48.5 Å². The van der Waals surface area contributed by atoms with Crippen molar-refractivity contribution in [3.8, 4) is 11.5 Å². The molecule has 0 aliphatic carbocycles. The first kappa shape index (κ1) is 17.9. The van der Waals surface area contributed by atoms with Crippen LogP contribution < -0.4 is 14.8 Å². The first-order valence-electron chi connectivity index (χ1n) is 8.17. The standard InChI is InChI=1S/C20H20N2O3S/c1-13(15-9-8-14(24-2)12-17(15)25-3)21-19(23)10-11-20-22-16-6-4-5-7-18(16)26-20/h4-13H,1-3H3,(H,21,23)/b11-10+. The summed E-state index contributed by atoms with van der Waals surface area (Å²) in [6.07, 6.45) is 3.24. The zero-order valence-corrected chi connectivity index (χ0v) is 15.7. The number of amides is 1. The summed E-state index contributed by atoms with van der Waals surface area (Å²) in [7, 11) is 3.20. The monoisotopic (exact) mass is 368 g/mol. The number of benzene rings is 2. The fraction of sp³-hybridized carbons (Fsp3) is 0.200. The van der Waals surface area contributed by atoms with Crippen molar-refractivity contribution in [2.45, 2.75) is 13.0 Å². The third kappa shape index (κ3) is 4.03. The average molecular weight is 368 g/mol. The number of methoxy groups -OCH3 is 2. The Labute approximate surface area is 156 Å². The van der Waals surface area contributed by atoms with Crippen molar-refractivity contribution >= 4 is 33.5 Å². The minimum absolute atomic E-state index is 0.186. The predicted octanol–water partition coefficient (Wildman–Crippen LogP) is 4.20. The Bertz CT molecular complexity index is 916. The number of fused-ring (bicyclic) bond motifs is 1. The van der Waals surface area contributed by atoms with Gasteiger partial charge in [0.15, 0.2) is 0 Å². The number of nitrogens with zero attached hydrogens (tertiary/aromatic N) is 1. The lowest BCUT2D eigenvalue weighted by Crippen LogP contribution is -2.25. The van der Waals surface area contributed by atoms with E-state index in [9.17, 15) is 4.79 Å². The molecular weight excluding hydrogens is 348 g/mol. The number of hydrogen-bond acceptors (Lipinski definition) is 5. The normalized spacial score (nSPS) is 12.3. The van der Waals surface area contributed by atoms with E-state index in [2.05, 4.69) is 10.3 Å². The van der Waals surface area contributed by atoms with Gasteiger partial charge in [-0.25, -0.2) is 4.98 Å². The highest BCUT2D eigenvalue weighted by Crippen LogP contribution is 2.29. The van der Waals surface area contributed by atoms with Crippen molar-refractivity contribution < 1.29 is 14.3 Å². The molecule has 1 atom stereocenters. The van der Waals surface area contributed by atoms with Crippen molar-refractivity contribution in [1.82, 2.24) is 10.3 Å². The van der Waals surface area contributed by atoms with Gasteiger partial charge in [0.1, 0.15) is 16.5 Å². The number of thiazole rings is 1. The van der Waals surface area contributed by atoms with E-state index in [-0.39, 0.29) is 11.9 Å². The van der Waals surface area contributed by atoms with Crippen LogP contribution in [0.2, 0.25) is 0 Å². The summed E-state index contributed by atoms with van der Waals surface area (Å²) in [5.74, 6) is 1.20. The molecule has 3 rings (SSSR count). The van der Waals surface area contributed by atoms with E-state index in [0.29, 0.717) is 11.5 Å². The molecule has 134 valence electrons. The number of para-hydroxylation sites is 1. The molecule has 0 aliphatic heterocycles. The zero-order chi connectivity index (χ0) is 18.5. The number of aromatic nitrogens is 1. The van der Waals surface area contributed by atoms with Crippen LogP contribution >= 0.6 is 11.3 Å². The number of nitrogens with one attached hydrogen (secondary N) is 1. The molecule has 0 fully saturated rings. The van der Waals surface area contributed by atoms with Crippen molar-refractivity contribution in [3.63, 3.8) is 0 Å². The first-order chi connectivity index (χ1) is 12.6. The number of carbonyl (C=O) groups excluding carboxylic acids is 1. The van der Waals surface area contributed by atoms with Crippen LogP contribution in [0.4, 0.5) is 0 Å². The van der Waals surface area contributed by atoms with Gasteiger partial charge in [0.05, 0.1) is 30.5 Å². The first-order valence-corrected chi connectivity index (χ1v) is 8.98. The van der Waals surface area contributed by atoms with Crippen molar-refractivity contribution in [2.24, 2.45) is 0 Å². The van der Waals surface area contributed by atoms with Crippen LogP contribution in [0, 0.1) is 0 Å². The van der Waals surface area contributed by atoms with Gasteiger partial charge in [-0.15, -0.1) is 11.3 Å². The van der Waals surface area contributed by atoms with Gasteiger partial charge in [0.2, 0.25) is 5.91 Å². The quantitative estimate of drug-likeness (QED) is 0.662. The molecule has 1 unspecified atom stereocenters. The van der Waals surface area contributed by atoms with E-state index >= 15 is 0 Å². The second-order valence-electron chi connectivity index (χ2n) is 5.69. The van der Waals surface area contributed by atoms with E-state index < -0.39 is 0 Å². The SMILES string of the molecule is COc1ccc(C(C)NC(=O)/C=C/c2nc3ccccc3s2)c(OC)c1. The van der Waals surface area contributed by atoms with E-state index in [1.165, 1.54) is 6.08 Å². The van der Waals surface area contributed by atoms with Crippen LogP contribution in [-0.4, -0.2) is 25.1 Å². The molecule has 26 heavy (non-hydrogen) atoms. The van der Waals surface area contributed by atoms with Crippen LogP contribution in [-0.2, 0) is 4.79 Å². The summed E-state index contributed by atoms with van der Waals surface area (Å²) in [6, 6.07) is 13.2. The van der Waals surface area contributed by atoms with Gasteiger partial charge in [-0.05, 0) is 37.3 Å². The summed E-state index contributed by atoms with van der Waals surface area (Å²) in [4.78, 5) is 16.7. The molecule has 0 saturated carbocycles. The highest BCUT2D eigenvalue weighted by Gasteiger charge is 2.14. The summed E-state index contributed by atoms with van der Waals surface area (Å²) in [5, 5.41) is 3.74. The third-order valence-corrected chi connectivity index (χ3v) is 4.96. The van der Waals surface area contributed by atoms with E-state index in [1.807, 2.05) is 43.3 Å². The predicted molar refractivity (Wildman–Crippen MR) is 105 cm³/mol. The second-order valence-corrected chi connectivity index (χ2v) is 6.75. The molecule has 1 heterocycles. The molecule has 0 bridgehead atoms. The van der Waals surface area contributed by atoms with Gasteiger partial charge in [-0.2, -0.15) is 0 Å². The van der Waals surface area contributed by atoms with E-state index in [0.717, 1.165) is 20.8 Å². The molecule has 1 aromatic heterocycles. The lowest BCUT2D eigenvalue weighted by molar-refractivity contribution is -0.117. The summed E-state index contributed by atoms with van der Waals surface area (Å²) >= 11 is 1.55. The van der Waals surface area contributed by atoms with Crippen molar-refractivity contribution in [1.29, 1.82) is 0 Å². The summed E-state index contributed by atoms with van der Waals surface area (Å²) in [5.41, 5.74) is 1.82. The highest BCUT2D eigenvalue weighted by atomic mass is 32.1. The number of hydrogen-bond donors (Lipinski definition) is 1.